The lowest BCUT2D eigenvalue weighted by molar-refractivity contribution is -0.386. The van der Waals surface area contributed by atoms with Crippen molar-refractivity contribution in [3.05, 3.63) is 97.8 Å². The topological polar surface area (TPSA) is 99.6 Å². The van der Waals surface area contributed by atoms with Gasteiger partial charge in [-0.1, -0.05) is 61.0 Å². The first-order valence-electron chi connectivity index (χ1n) is 10.6. The predicted octanol–water partition coefficient (Wildman–Crippen LogP) is 5.68. The first-order valence-corrected chi connectivity index (χ1v) is 11.0. The summed E-state index contributed by atoms with van der Waals surface area (Å²) in [5, 5.41) is 16.6. The number of hydrogen-bond acceptors (Lipinski definition) is 6. The Kier molecular flexibility index (Phi) is 6.70. The van der Waals surface area contributed by atoms with Gasteiger partial charge in [0.15, 0.2) is 5.82 Å². The third kappa shape index (κ3) is 4.67. The van der Waals surface area contributed by atoms with Crippen LogP contribution in [0.25, 0.3) is 22.3 Å². The van der Waals surface area contributed by atoms with E-state index in [1.807, 2.05) is 44.2 Å². The third-order valence-corrected chi connectivity index (χ3v) is 5.47. The van der Waals surface area contributed by atoms with E-state index >= 15 is 0 Å². The lowest BCUT2D eigenvalue weighted by Gasteiger charge is -2.15. The van der Waals surface area contributed by atoms with Crippen molar-refractivity contribution in [1.29, 1.82) is 0 Å². The molecule has 0 saturated carbocycles. The van der Waals surface area contributed by atoms with Crippen LogP contribution in [0, 0.1) is 10.1 Å². The van der Waals surface area contributed by atoms with Gasteiger partial charge in [-0.05, 0) is 31.5 Å². The number of benzene rings is 3. The summed E-state index contributed by atoms with van der Waals surface area (Å²) in [4.78, 5) is 29.1. The molecule has 0 aliphatic rings. The van der Waals surface area contributed by atoms with Crippen LogP contribution in [-0.4, -0.2) is 26.9 Å². The van der Waals surface area contributed by atoms with Crippen LogP contribution >= 0.6 is 11.6 Å². The zero-order chi connectivity index (χ0) is 24.2. The van der Waals surface area contributed by atoms with Crippen molar-refractivity contribution in [2.45, 2.75) is 26.4 Å². The molecule has 0 N–H and O–H groups in total. The Morgan fingerprint density at radius 1 is 1.18 bits per heavy atom. The maximum atomic E-state index is 13.3. The first-order chi connectivity index (χ1) is 16.4. The summed E-state index contributed by atoms with van der Waals surface area (Å²) in [6.45, 7) is 3.72. The molecule has 172 valence electrons. The Morgan fingerprint density at radius 2 is 1.88 bits per heavy atom. The van der Waals surface area contributed by atoms with Crippen LogP contribution in [0.1, 0.15) is 25.8 Å². The van der Waals surface area contributed by atoms with E-state index in [9.17, 15) is 14.9 Å². The Hall–Kier alpha value is -4.04. The molecule has 8 nitrogen and oxygen atoms in total. The summed E-state index contributed by atoms with van der Waals surface area (Å²) in [6, 6.07) is 18.9. The molecular weight excluding hydrogens is 456 g/mol. The molecule has 0 amide bonds. The van der Waals surface area contributed by atoms with Gasteiger partial charge in [0.05, 0.1) is 28.1 Å². The molecule has 3 aromatic carbocycles. The second-order valence-electron chi connectivity index (χ2n) is 7.62. The minimum Gasteiger partial charge on any atom is -0.483 e. The lowest BCUT2D eigenvalue weighted by atomic mass is 10.1. The minimum atomic E-state index is -0.555. The highest BCUT2D eigenvalue weighted by Gasteiger charge is 2.22. The van der Waals surface area contributed by atoms with E-state index < -0.39 is 4.92 Å². The van der Waals surface area contributed by atoms with E-state index in [0.29, 0.717) is 28.7 Å². The van der Waals surface area contributed by atoms with Crippen LogP contribution in [0.3, 0.4) is 0 Å². The van der Waals surface area contributed by atoms with E-state index in [2.05, 4.69) is 10.1 Å². The average molecular weight is 477 g/mol. The molecule has 0 unspecified atom stereocenters. The van der Waals surface area contributed by atoms with Crippen molar-refractivity contribution >= 4 is 34.4 Å². The van der Waals surface area contributed by atoms with Crippen LogP contribution in [0.15, 0.2) is 76.6 Å². The van der Waals surface area contributed by atoms with Gasteiger partial charge in [-0.25, -0.2) is 4.98 Å². The molecule has 9 heteroatoms. The van der Waals surface area contributed by atoms with Gasteiger partial charge in [-0.3, -0.25) is 14.9 Å². The summed E-state index contributed by atoms with van der Waals surface area (Å²) in [5.41, 5.74) is 0.856. The zero-order valence-electron chi connectivity index (χ0n) is 18.5. The highest BCUT2D eigenvalue weighted by molar-refractivity contribution is 6.31. The molecule has 1 atom stereocenters. The fraction of sp³-hybridized carbons (Fsp3) is 0.160. The monoisotopic (exact) mass is 476 g/mol. The van der Waals surface area contributed by atoms with Crippen molar-refractivity contribution in [1.82, 2.24) is 9.66 Å². The summed E-state index contributed by atoms with van der Waals surface area (Å²) in [5.74, 6) is 0.372. The van der Waals surface area contributed by atoms with Gasteiger partial charge in [0.2, 0.25) is 5.75 Å². The Bertz CT molecular complexity index is 1450. The van der Waals surface area contributed by atoms with Crippen molar-refractivity contribution < 1.29 is 9.66 Å². The van der Waals surface area contributed by atoms with Crippen molar-refractivity contribution in [3.63, 3.8) is 0 Å². The quantitative estimate of drug-likeness (QED) is 0.194. The number of nitro groups is 1. The minimum absolute atomic E-state index is 0.0376. The van der Waals surface area contributed by atoms with Crippen LogP contribution in [0.4, 0.5) is 5.69 Å². The van der Waals surface area contributed by atoms with Gasteiger partial charge in [-0.2, -0.15) is 9.78 Å². The summed E-state index contributed by atoms with van der Waals surface area (Å²) in [6.07, 6.45) is 1.70. The largest absolute Gasteiger partial charge is 0.483 e. The number of halogens is 1. The molecule has 1 aromatic heterocycles. The summed E-state index contributed by atoms with van der Waals surface area (Å²) < 4.78 is 7.03. The molecule has 0 spiro atoms. The summed E-state index contributed by atoms with van der Waals surface area (Å²) in [7, 11) is 0. The van der Waals surface area contributed by atoms with Gasteiger partial charge in [0, 0.05) is 22.2 Å². The second kappa shape index (κ2) is 9.84. The van der Waals surface area contributed by atoms with Gasteiger partial charge >= 0.3 is 5.69 Å². The number of ether oxygens (including phenoxy) is 1. The number of aromatic nitrogens is 2. The molecule has 4 rings (SSSR count). The Morgan fingerprint density at radius 3 is 2.59 bits per heavy atom. The van der Waals surface area contributed by atoms with E-state index in [1.54, 1.807) is 24.3 Å². The SMILES string of the molecule is CC[C@@H](C)Oc1c(C=Nn2c(-c3ccccc3)nc3ccccc3c2=O)cc(Cl)cc1[N+](=O)[O-]. The molecule has 0 saturated heterocycles. The van der Waals surface area contributed by atoms with E-state index in [0.717, 1.165) is 0 Å². The fourth-order valence-electron chi connectivity index (χ4n) is 3.37. The zero-order valence-corrected chi connectivity index (χ0v) is 19.3. The Balaban J connectivity index is 1.93. The van der Waals surface area contributed by atoms with Gasteiger partial charge in [-0.15, -0.1) is 0 Å². The molecule has 0 fully saturated rings. The van der Waals surface area contributed by atoms with Crippen LogP contribution in [0.5, 0.6) is 5.75 Å². The number of para-hydroxylation sites is 1. The molecule has 0 radical (unpaired) electrons. The molecule has 1 heterocycles. The molecule has 34 heavy (non-hydrogen) atoms. The van der Waals surface area contributed by atoms with Crippen LogP contribution in [0.2, 0.25) is 5.02 Å². The van der Waals surface area contributed by atoms with Crippen molar-refractivity contribution in [2.75, 3.05) is 0 Å². The lowest BCUT2D eigenvalue weighted by Crippen LogP contribution is -2.20. The number of fused-ring (bicyclic) bond motifs is 1. The summed E-state index contributed by atoms with van der Waals surface area (Å²) >= 11 is 6.15. The fourth-order valence-corrected chi connectivity index (χ4v) is 3.59. The molecule has 0 bridgehead atoms. The Labute approximate surface area is 200 Å². The first kappa shape index (κ1) is 23.1. The second-order valence-corrected chi connectivity index (χ2v) is 8.05. The molecule has 0 aliphatic heterocycles. The maximum Gasteiger partial charge on any atom is 0.313 e. The predicted molar refractivity (Wildman–Crippen MR) is 133 cm³/mol. The molecular formula is C25H21ClN4O4. The maximum absolute atomic E-state index is 13.3. The van der Waals surface area contributed by atoms with Crippen molar-refractivity contribution in [3.8, 4) is 17.1 Å². The van der Waals surface area contributed by atoms with E-state index in [4.69, 9.17) is 16.3 Å². The smallest absolute Gasteiger partial charge is 0.313 e. The number of nitrogens with zero attached hydrogens (tertiary/aromatic N) is 4. The van der Waals surface area contributed by atoms with Crippen LogP contribution < -0.4 is 10.3 Å². The normalized spacial score (nSPS) is 12.2. The number of hydrogen-bond donors (Lipinski definition) is 0. The average Bonchev–Trinajstić information content (AvgIpc) is 2.84. The molecule has 4 aromatic rings. The van der Waals surface area contributed by atoms with E-state index in [1.165, 1.54) is 23.0 Å². The van der Waals surface area contributed by atoms with Crippen LogP contribution in [-0.2, 0) is 0 Å². The van der Waals surface area contributed by atoms with Gasteiger partial charge in [0.25, 0.3) is 5.56 Å². The molecule has 0 aliphatic carbocycles. The van der Waals surface area contributed by atoms with Gasteiger partial charge in [0.1, 0.15) is 0 Å². The third-order valence-electron chi connectivity index (χ3n) is 5.25. The van der Waals surface area contributed by atoms with Gasteiger partial charge < -0.3 is 4.74 Å². The number of nitro benzene ring substituents is 1. The number of rotatable bonds is 7. The van der Waals surface area contributed by atoms with Crippen molar-refractivity contribution in [2.24, 2.45) is 5.10 Å². The highest BCUT2D eigenvalue weighted by Crippen LogP contribution is 2.35. The van der Waals surface area contributed by atoms with E-state index in [-0.39, 0.29) is 33.7 Å². The standard InChI is InChI=1S/C25H21ClN4O4/c1-3-16(2)34-23-18(13-19(26)14-22(23)30(32)33)15-27-29-24(17-9-5-4-6-10-17)28-21-12-8-7-11-20(21)25(29)31/h4-16H,3H2,1-2H3/t16-/m1/s1. The highest BCUT2D eigenvalue weighted by atomic mass is 35.5.